The van der Waals surface area contributed by atoms with Gasteiger partial charge in [0, 0.05) is 22.7 Å². The average molecular weight is 496 g/mol. The summed E-state index contributed by atoms with van der Waals surface area (Å²) in [6.07, 6.45) is 0. The molecule has 1 unspecified atom stereocenters. The first-order valence-corrected chi connectivity index (χ1v) is 12.5. The van der Waals surface area contributed by atoms with Crippen LogP contribution in [-0.4, -0.2) is 21.2 Å². The molecule has 0 aliphatic carbocycles. The zero-order chi connectivity index (χ0) is 25.1. The van der Waals surface area contributed by atoms with Crippen molar-refractivity contribution in [3.8, 4) is 22.5 Å². The van der Waals surface area contributed by atoms with E-state index in [0.717, 1.165) is 32.8 Å². The minimum atomic E-state index is -0.904. The summed E-state index contributed by atoms with van der Waals surface area (Å²) in [5, 5.41) is 16.8. The van der Waals surface area contributed by atoms with Gasteiger partial charge >= 0.3 is 5.97 Å². The minimum Gasteiger partial charge on any atom is -0.477 e. The zero-order valence-electron chi connectivity index (χ0n) is 19.9. The van der Waals surface area contributed by atoms with Crippen LogP contribution in [0.1, 0.15) is 44.4 Å². The molecule has 5 aromatic rings. The molecule has 7 heteroatoms. The Morgan fingerprint density at radius 2 is 1.78 bits per heavy atom. The molecule has 3 aromatic carbocycles. The van der Waals surface area contributed by atoms with Crippen molar-refractivity contribution >= 4 is 23.0 Å². The van der Waals surface area contributed by atoms with Crippen LogP contribution in [-0.2, 0) is 6.54 Å². The van der Waals surface area contributed by atoms with Crippen LogP contribution in [0.5, 0.6) is 0 Å². The van der Waals surface area contributed by atoms with Gasteiger partial charge in [-0.25, -0.2) is 4.79 Å². The first-order valence-electron chi connectivity index (χ1n) is 11.6. The van der Waals surface area contributed by atoms with Gasteiger partial charge in [0.2, 0.25) is 11.7 Å². The molecule has 0 fully saturated rings. The Labute approximate surface area is 213 Å². The summed E-state index contributed by atoms with van der Waals surface area (Å²) in [4.78, 5) is 17.1. The predicted molar refractivity (Wildman–Crippen MR) is 142 cm³/mol. The van der Waals surface area contributed by atoms with Crippen LogP contribution in [0, 0.1) is 6.92 Å². The maximum atomic E-state index is 11.1. The van der Waals surface area contributed by atoms with E-state index < -0.39 is 5.97 Å². The van der Waals surface area contributed by atoms with E-state index in [1.54, 1.807) is 6.07 Å². The highest BCUT2D eigenvalue weighted by atomic mass is 32.1. The molecule has 2 aromatic heterocycles. The van der Waals surface area contributed by atoms with Gasteiger partial charge in [0.15, 0.2) is 0 Å². The molecule has 0 bridgehead atoms. The lowest BCUT2D eigenvalue weighted by Gasteiger charge is -2.10. The number of rotatable bonds is 8. The van der Waals surface area contributed by atoms with Crippen LogP contribution < -0.4 is 5.32 Å². The van der Waals surface area contributed by atoms with E-state index in [-0.39, 0.29) is 5.92 Å². The molecule has 5 rings (SSSR count). The van der Waals surface area contributed by atoms with E-state index in [0.29, 0.717) is 23.1 Å². The van der Waals surface area contributed by atoms with Gasteiger partial charge in [-0.15, -0.1) is 11.3 Å². The van der Waals surface area contributed by atoms with Gasteiger partial charge in [0.05, 0.1) is 5.92 Å². The smallest absolute Gasteiger partial charge is 0.345 e. The van der Waals surface area contributed by atoms with Gasteiger partial charge in [-0.3, -0.25) is 0 Å². The second kappa shape index (κ2) is 10.2. The van der Waals surface area contributed by atoms with Crippen molar-refractivity contribution in [2.45, 2.75) is 26.3 Å². The molecule has 0 saturated carbocycles. The Balaban J connectivity index is 1.33. The molecule has 2 heterocycles. The number of aromatic carboxylic acids is 1. The number of aryl methyl sites for hydroxylation is 1. The Hall–Kier alpha value is -4.23. The van der Waals surface area contributed by atoms with E-state index in [1.165, 1.54) is 16.9 Å². The van der Waals surface area contributed by atoms with Gasteiger partial charge in [0.25, 0.3) is 0 Å². The molecule has 0 spiro atoms. The molecule has 2 N–H and O–H groups in total. The maximum absolute atomic E-state index is 11.1. The number of thiophene rings is 1. The largest absolute Gasteiger partial charge is 0.477 e. The zero-order valence-corrected chi connectivity index (χ0v) is 20.8. The number of carboxylic acids is 1. The van der Waals surface area contributed by atoms with Crippen LogP contribution >= 0.6 is 11.3 Å². The van der Waals surface area contributed by atoms with Crippen molar-refractivity contribution in [2.75, 3.05) is 5.32 Å². The first kappa shape index (κ1) is 23.5. The van der Waals surface area contributed by atoms with Gasteiger partial charge in [0.1, 0.15) is 4.88 Å². The molecule has 6 nitrogen and oxygen atoms in total. The third kappa shape index (κ3) is 5.06. The topological polar surface area (TPSA) is 88.3 Å². The standard InChI is InChI=1S/C29H25N3O3S/c1-18-11-12-23(16-25(18)30-17-24-13-14-26(36-24)29(33)34)27-31-28(35-32-27)19(2)21-9-6-10-22(15-21)20-7-4-3-5-8-20/h3-16,19,30H,17H2,1-2H3,(H,33,34). The Morgan fingerprint density at radius 3 is 2.56 bits per heavy atom. The molecule has 36 heavy (non-hydrogen) atoms. The second-order valence-corrected chi connectivity index (χ2v) is 9.79. The number of aromatic nitrogens is 2. The summed E-state index contributed by atoms with van der Waals surface area (Å²) in [7, 11) is 0. The highest BCUT2D eigenvalue weighted by Crippen LogP contribution is 2.30. The number of carboxylic acid groups (broad SMARTS) is 1. The summed E-state index contributed by atoms with van der Waals surface area (Å²) in [6, 6.07) is 28.1. The minimum absolute atomic E-state index is 0.0554. The predicted octanol–water partition coefficient (Wildman–Crippen LogP) is 7.24. The second-order valence-electron chi connectivity index (χ2n) is 8.62. The van der Waals surface area contributed by atoms with Crippen LogP contribution in [0.3, 0.4) is 0 Å². The number of anilines is 1. The lowest BCUT2D eigenvalue weighted by molar-refractivity contribution is 0.0702. The first-order chi connectivity index (χ1) is 17.5. The molecule has 0 aliphatic heterocycles. The molecule has 0 amide bonds. The SMILES string of the molecule is Cc1ccc(-c2noc(C(C)c3cccc(-c4ccccc4)c3)n2)cc1NCc1ccc(C(=O)O)s1. The van der Waals surface area contributed by atoms with Gasteiger partial charge in [-0.1, -0.05) is 71.9 Å². The van der Waals surface area contributed by atoms with E-state index in [2.05, 4.69) is 53.8 Å². The van der Waals surface area contributed by atoms with Crippen LogP contribution in [0.2, 0.25) is 0 Å². The summed E-state index contributed by atoms with van der Waals surface area (Å²) < 4.78 is 5.67. The molecule has 0 aliphatic rings. The Kier molecular flexibility index (Phi) is 6.64. The maximum Gasteiger partial charge on any atom is 0.345 e. The number of hydrogen-bond acceptors (Lipinski definition) is 6. The number of nitrogens with one attached hydrogen (secondary N) is 1. The summed E-state index contributed by atoms with van der Waals surface area (Å²) in [5.74, 6) is 0.132. The summed E-state index contributed by atoms with van der Waals surface area (Å²) in [6.45, 7) is 4.62. The molecule has 180 valence electrons. The van der Waals surface area contributed by atoms with Crippen molar-refractivity contribution in [1.29, 1.82) is 0 Å². The van der Waals surface area contributed by atoms with E-state index in [1.807, 2.05) is 49.4 Å². The lowest BCUT2D eigenvalue weighted by Crippen LogP contribution is -2.00. The highest BCUT2D eigenvalue weighted by Gasteiger charge is 2.18. The average Bonchev–Trinajstić information content (AvgIpc) is 3.59. The number of carbonyl (C=O) groups is 1. The highest BCUT2D eigenvalue weighted by molar-refractivity contribution is 7.13. The molecular weight excluding hydrogens is 470 g/mol. The van der Waals surface area contributed by atoms with E-state index in [9.17, 15) is 4.79 Å². The normalized spacial score (nSPS) is 11.8. The lowest BCUT2D eigenvalue weighted by atomic mass is 9.96. The van der Waals surface area contributed by atoms with Crippen LogP contribution in [0.4, 0.5) is 5.69 Å². The Morgan fingerprint density at radius 1 is 0.972 bits per heavy atom. The fourth-order valence-electron chi connectivity index (χ4n) is 4.01. The van der Waals surface area contributed by atoms with Crippen LogP contribution in [0.25, 0.3) is 22.5 Å². The molecule has 0 radical (unpaired) electrons. The van der Waals surface area contributed by atoms with E-state index in [4.69, 9.17) is 14.6 Å². The monoisotopic (exact) mass is 495 g/mol. The quantitative estimate of drug-likeness (QED) is 0.236. The number of hydrogen-bond donors (Lipinski definition) is 2. The van der Waals surface area contributed by atoms with Crippen molar-refractivity contribution < 1.29 is 14.4 Å². The van der Waals surface area contributed by atoms with E-state index >= 15 is 0 Å². The fourth-order valence-corrected chi connectivity index (χ4v) is 4.80. The summed E-state index contributed by atoms with van der Waals surface area (Å²) in [5.41, 5.74) is 6.28. The Bertz CT molecular complexity index is 1510. The van der Waals surface area contributed by atoms with Gasteiger partial charge in [-0.05, 0) is 54.3 Å². The third-order valence-corrected chi connectivity index (χ3v) is 7.20. The van der Waals surface area contributed by atoms with Gasteiger partial charge < -0.3 is 14.9 Å². The summed E-state index contributed by atoms with van der Waals surface area (Å²) >= 11 is 1.27. The molecule has 1 atom stereocenters. The van der Waals surface area contributed by atoms with Crippen LogP contribution in [0.15, 0.2) is 89.5 Å². The molecular formula is C29H25N3O3S. The third-order valence-electron chi connectivity index (χ3n) is 6.13. The molecule has 0 saturated heterocycles. The number of nitrogens with zero attached hydrogens (tertiary/aromatic N) is 2. The van der Waals surface area contributed by atoms with Crippen molar-refractivity contribution in [3.05, 3.63) is 112 Å². The van der Waals surface area contributed by atoms with Gasteiger partial charge in [-0.2, -0.15) is 4.98 Å². The number of benzene rings is 3. The van der Waals surface area contributed by atoms with Crippen molar-refractivity contribution in [3.63, 3.8) is 0 Å². The fraction of sp³-hybridized carbons (Fsp3) is 0.138. The van der Waals surface area contributed by atoms with Crippen molar-refractivity contribution in [1.82, 2.24) is 10.1 Å². The van der Waals surface area contributed by atoms with Crippen molar-refractivity contribution in [2.24, 2.45) is 0 Å².